The number of thiophene rings is 1. The van der Waals surface area contributed by atoms with Crippen LogP contribution in [0.5, 0.6) is 5.75 Å². The molecule has 0 radical (unpaired) electrons. The largest absolute Gasteiger partial charge is 0.494 e. The number of carbonyl (C=O) groups excluding carboxylic acids is 1. The second-order valence-corrected chi connectivity index (χ2v) is 9.37. The van der Waals surface area contributed by atoms with Crippen molar-refractivity contribution in [3.63, 3.8) is 0 Å². The molecule has 1 aliphatic carbocycles. The van der Waals surface area contributed by atoms with Crippen LogP contribution >= 0.6 is 23.1 Å². The first-order valence-corrected chi connectivity index (χ1v) is 11.8. The predicted molar refractivity (Wildman–Crippen MR) is 125 cm³/mol. The summed E-state index contributed by atoms with van der Waals surface area (Å²) in [5.41, 5.74) is -0.864. The average Bonchev–Trinajstić information content (AvgIpc) is 3.48. The van der Waals surface area contributed by atoms with E-state index < -0.39 is 5.60 Å². The Morgan fingerprint density at radius 3 is 2.77 bits per heavy atom. The van der Waals surface area contributed by atoms with Crippen LogP contribution < -0.4 is 4.74 Å². The van der Waals surface area contributed by atoms with E-state index in [-0.39, 0.29) is 5.78 Å². The van der Waals surface area contributed by atoms with Crippen molar-refractivity contribution in [1.82, 2.24) is 9.55 Å². The van der Waals surface area contributed by atoms with Crippen molar-refractivity contribution < 1.29 is 14.6 Å². The Morgan fingerprint density at radius 2 is 2.06 bits per heavy atom. The highest BCUT2D eigenvalue weighted by Crippen LogP contribution is 2.42. The van der Waals surface area contributed by atoms with E-state index in [0.29, 0.717) is 23.5 Å². The minimum absolute atomic E-state index is 0.135. The summed E-state index contributed by atoms with van der Waals surface area (Å²) in [6.07, 6.45) is 9.02. The van der Waals surface area contributed by atoms with Gasteiger partial charge in [0.25, 0.3) is 0 Å². The number of ketones is 1. The SMILES string of the molecule is Cn1ccnc1SC1=CC(O)(CCCCOc2ccccc2)/C(=C\c2cccs2)C1=O. The van der Waals surface area contributed by atoms with Gasteiger partial charge in [0.2, 0.25) is 0 Å². The van der Waals surface area contributed by atoms with Crippen molar-refractivity contribution in [2.75, 3.05) is 6.61 Å². The molecule has 1 unspecified atom stereocenters. The highest BCUT2D eigenvalue weighted by molar-refractivity contribution is 8.03. The van der Waals surface area contributed by atoms with E-state index in [1.54, 1.807) is 23.6 Å². The Bertz CT molecular complexity index is 1090. The standard InChI is InChI=1S/C24H24N2O3S2/c1-26-13-12-25-23(26)31-21-17-24(28,20(22(21)27)16-19-10-7-15-30-19)11-5-6-14-29-18-8-3-2-4-9-18/h2-4,7-10,12-13,15-17,28H,5-6,11,14H2,1H3/b20-16-. The second kappa shape index (κ2) is 9.68. The molecule has 160 valence electrons. The zero-order chi connectivity index (χ0) is 21.7. The van der Waals surface area contributed by atoms with Crippen LogP contribution in [0.2, 0.25) is 0 Å². The van der Waals surface area contributed by atoms with E-state index in [1.807, 2.05) is 71.7 Å². The van der Waals surface area contributed by atoms with E-state index in [2.05, 4.69) is 4.98 Å². The number of carbonyl (C=O) groups is 1. The number of aliphatic hydroxyl groups is 1. The lowest BCUT2D eigenvalue weighted by atomic mass is 9.90. The van der Waals surface area contributed by atoms with Crippen LogP contribution in [-0.2, 0) is 11.8 Å². The molecule has 31 heavy (non-hydrogen) atoms. The summed E-state index contributed by atoms with van der Waals surface area (Å²) in [6, 6.07) is 13.6. The number of hydrogen-bond donors (Lipinski definition) is 1. The van der Waals surface area contributed by atoms with E-state index in [4.69, 9.17) is 4.74 Å². The quantitative estimate of drug-likeness (QED) is 0.361. The highest BCUT2D eigenvalue weighted by atomic mass is 32.2. The molecule has 0 spiro atoms. The van der Waals surface area contributed by atoms with Gasteiger partial charge in [-0.3, -0.25) is 4.79 Å². The van der Waals surface area contributed by atoms with Gasteiger partial charge in [-0.05, 0) is 66.8 Å². The van der Waals surface area contributed by atoms with Gasteiger partial charge in [-0.25, -0.2) is 4.98 Å². The summed E-state index contributed by atoms with van der Waals surface area (Å²) in [5.74, 6) is 0.702. The van der Waals surface area contributed by atoms with Crippen LogP contribution in [0.3, 0.4) is 0 Å². The number of para-hydroxylation sites is 1. The zero-order valence-corrected chi connectivity index (χ0v) is 18.9. The van der Waals surface area contributed by atoms with Crippen molar-refractivity contribution in [2.45, 2.75) is 30.0 Å². The van der Waals surface area contributed by atoms with Gasteiger partial charge in [0.1, 0.15) is 11.4 Å². The molecule has 0 fully saturated rings. The number of allylic oxidation sites excluding steroid dienone is 1. The number of imidazole rings is 1. The Balaban J connectivity index is 1.46. The van der Waals surface area contributed by atoms with Crippen LogP contribution in [-0.4, -0.2) is 32.6 Å². The van der Waals surface area contributed by atoms with E-state index in [0.717, 1.165) is 28.6 Å². The molecule has 0 saturated carbocycles. The van der Waals surface area contributed by atoms with Crippen molar-refractivity contribution >= 4 is 35.0 Å². The number of thioether (sulfide) groups is 1. The first-order valence-electron chi connectivity index (χ1n) is 10.1. The first kappa shape index (κ1) is 21.6. The molecule has 0 saturated heterocycles. The molecular formula is C24H24N2O3S2. The van der Waals surface area contributed by atoms with E-state index >= 15 is 0 Å². The van der Waals surface area contributed by atoms with Gasteiger partial charge in [0.15, 0.2) is 10.9 Å². The van der Waals surface area contributed by atoms with Gasteiger partial charge >= 0.3 is 0 Å². The molecule has 2 heterocycles. The van der Waals surface area contributed by atoms with Crippen molar-refractivity contribution in [3.05, 3.63) is 81.7 Å². The fourth-order valence-electron chi connectivity index (χ4n) is 3.43. The fraction of sp³-hybridized carbons (Fsp3) is 0.250. The van der Waals surface area contributed by atoms with Gasteiger partial charge in [0.05, 0.1) is 11.5 Å². The third kappa shape index (κ3) is 5.18. The third-order valence-corrected chi connectivity index (χ3v) is 7.00. The number of unbranched alkanes of at least 4 members (excludes halogenated alkanes) is 1. The maximum Gasteiger partial charge on any atom is 0.198 e. The highest BCUT2D eigenvalue weighted by Gasteiger charge is 2.42. The van der Waals surface area contributed by atoms with Gasteiger partial charge in [-0.15, -0.1) is 11.3 Å². The molecule has 1 atom stereocenters. The number of nitrogens with zero attached hydrogens (tertiary/aromatic N) is 2. The van der Waals surface area contributed by atoms with E-state index in [1.165, 1.54) is 11.8 Å². The van der Waals surface area contributed by atoms with Crippen molar-refractivity contribution in [3.8, 4) is 5.75 Å². The Kier molecular flexibility index (Phi) is 6.75. The number of ether oxygens (including phenoxy) is 1. The van der Waals surface area contributed by atoms with Crippen LogP contribution in [0.15, 0.2) is 81.9 Å². The topological polar surface area (TPSA) is 64.3 Å². The number of aryl methyl sites for hydroxylation is 1. The molecule has 5 nitrogen and oxygen atoms in total. The molecule has 0 amide bonds. The summed E-state index contributed by atoms with van der Waals surface area (Å²) >= 11 is 2.84. The van der Waals surface area contributed by atoms with Crippen LogP contribution in [0.25, 0.3) is 6.08 Å². The average molecular weight is 453 g/mol. The lowest BCUT2D eigenvalue weighted by Crippen LogP contribution is -2.28. The Labute approximate surface area is 190 Å². The Hall–Kier alpha value is -2.61. The number of aromatic nitrogens is 2. The van der Waals surface area contributed by atoms with Crippen LogP contribution in [0.1, 0.15) is 24.1 Å². The summed E-state index contributed by atoms with van der Waals surface area (Å²) in [6.45, 7) is 0.566. The maximum absolute atomic E-state index is 13.2. The monoisotopic (exact) mass is 452 g/mol. The molecular weight excluding hydrogens is 428 g/mol. The molecule has 1 N–H and O–H groups in total. The van der Waals surface area contributed by atoms with E-state index in [9.17, 15) is 9.90 Å². The smallest absolute Gasteiger partial charge is 0.198 e. The molecule has 7 heteroatoms. The first-order chi connectivity index (χ1) is 15.0. The van der Waals surface area contributed by atoms with Crippen molar-refractivity contribution in [1.29, 1.82) is 0 Å². The third-order valence-electron chi connectivity index (χ3n) is 5.08. The van der Waals surface area contributed by atoms with Crippen LogP contribution in [0, 0.1) is 0 Å². The molecule has 3 aromatic rings. The molecule has 2 aromatic heterocycles. The minimum Gasteiger partial charge on any atom is -0.494 e. The lowest BCUT2D eigenvalue weighted by molar-refractivity contribution is -0.112. The summed E-state index contributed by atoms with van der Waals surface area (Å²) in [5, 5.41) is 14.1. The number of hydrogen-bond acceptors (Lipinski definition) is 6. The lowest BCUT2D eigenvalue weighted by Gasteiger charge is -2.22. The summed E-state index contributed by atoms with van der Waals surface area (Å²) < 4.78 is 7.61. The second-order valence-electron chi connectivity index (χ2n) is 7.38. The predicted octanol–water partition coefficient (Wildman–Crippen LogP) is 5.10. The van der Waals surface area contributed by atoms with Crippen molar-refractivity contribution in [2.24, 2.45) is 7.05 Å². The fourth-order valence-corrected chi connectivity index (χ4v) is 5.06. The van der Waals surface area contributed by atoms with Gasteiger partial charge in [-0.1, -0.05) is 24.3 Å². The maximum atomic E-state index is 13.2. The molecule has 1 aromatic carbocycles. The molecule has 0 aliphatic heterocycles. The number of rotatable bonds is 9. The van der Waals surface area contributed by atoms with Gasteiger partial charge in [0, 0.05) is 29.9 Å². The summed E-state index contributed by atoms with van der Waals surface area (Å²) in [7, 11) is 1.89. The normalized spacial score (nSPS) is 19.7. The summed E-state index contributed by atoms with van der Waals surface area (Å²) in [4.78, 5) is 18.9. The number of benzene rings is 1. The van der Waals surface area contributed by atoms with Gasteiger partial charge < -0.3 is 14.4 Å². The molecule has 4 rings (SSSR count). The minimum atomic E-state index is -1.29. The molecule has 0 bridgehead atoms. The Morgan fingerprint density at radius 1 is 1.23 bits per heavy atom. The van der Waals surface area contributed by atoms with Gasteiger partial charge in [-0.2, -0.15) is 0 Å². The molecule has 1 aliphatic rings. The van der Waals surface area contributed by atoms with Crippen LogP contribution in [0.4, 0.5) is 0 Å². The zero-order valence-electron chi connectivity index (χ0n) is 17.2. The number of Topliss-reactive ketones (excluding diaryl/α,β-unsaturated/α-hetero) is 1.